The third-order valence-corrected chi connectivity index (χ3v) is 3.96. The summed E-state index contributed by atoms with van der Waals surface area (Å²) in [5, 5.41) is 8.65. The van der Waals surface area contributed by atoms with Crippen LogP contribution in [0.3, 0.4) is 0 Å². The van der Waals surface area contributed by atoms with Crippen molar-refractivity contribution in [2.45, 2.75) is 6.54 Å². The van der Waals surface area contributed by atoms with E-state index in [0.29, 0.717) is 22.9 Å². The van der Waals surface area contributed by atoms with E-state index >= 15 is 0 Å². The van der Waals surface area contributed by atoms with Crippen molar-refractivity contribution in [3.63, 3.8) is 0 Å². The van der Waals surface area contributed by atoms with E-state index in [0.717, 1.165) is 11.3 Å². The predicted molar refractivity (Wildman–Crippen MR) is 84.0 cm³/mol. The van der Waals surface area contributed by atoms with Gasteiger partial charge in [0.15, 0.2) is 5.76 Å². The number of nitrogens with zero attached hydrogens (tertiary/aromatic N) is 1. The number of methoxy groups -OCH3 is 1. The summed E-state index contributed by atoms with van der Waals surface area (Å²) in [5.41, 5.74) is 1.55. The second kappa shape index (κ2) is 6.44. The van der Waals surface area contributed by atoms with Crippen LogP contribution in [0.5, 0.6) is 5.75 Å². The molecule has 0 atom stereocenters. The first-order valence-corrected chi connectivity index (χ1v) is 7.56. The molecule has 0 unspecified atom stereocenters. The molecule has 0 spiro atoms. The zero-order valence-electron chi connectivity index (χ0n) is 11.9. The van der Waals surface area contributed by atoms with E-state index in [1.54, 1.807) is 13.2 Å². The van der Waals surface area contributed by atoms with Crippen LogP contribution >= 0.6 is 11.3 Å². The summed E-state index contributed by atoms with van der Waals surface area (Å²) in [6, 6.07) is 13.0. The minimum Gasteiger partial charge on any atom is -0.497 e. The Bertz CT molecular complexity index is 765. The van der Waals surface area contributed by atoms with Crippen LogP contribution in [0.25, 0.3) is 11.3 Å². The molecular formula is C16H14N2O3S. The Hall–Kier alpha value is -2.60. The number of thiophene rings is 1. The third kappa shape index (κ3) is 3.17. The SMILES string of the molecule is COc1cccc(-c2cc(CNC(=O)c3cccs3)no2)c1. The molecule has 2 heterocycles. The normalized spacial score (nSPS) is 10.4. The van der Waals surface area contributed by atoms with Gasteiger partial charge in [-0.15, -0.1) is 11.3 Å². The Morgan fingerprint density at radius 2 is 2.23 bits per heavy atom. The third-order valence-electron chi connectivity index (χ3n) is 3.09. The van der Waals surface area contributed by atoms with Gasteiger partial charge in [0.2, 0.25) is 0 Å². The summed E-state index contributed by atoms with van der Waals surface area (Å²) in [5.74, 6) is 1.28. The largest absolute Gasteiger partial charge is 0.497 e. The predicted octanol–water partition coefficient (Wildman–Crippen LogP) is 3.34. The van der Waals surface area contributed by atoms with Gasteiger partial charge in [0.25, 0.3) is 5.91 Å². The first-order valence-electron chi connectivity index (χ1n) is 6.68. The van der Waals surface area contributed by atoms with Crippen molar-refractivity contribution >= 4 is 17.2 Å². The quantitative estimate of drug-likeness (QED) is 0.784. The summed E-state index contributed by atoms with van der Waals surface area (Å²) in [7, 11) is 1.62. The molecule has 2 aromatic heterocycles. The molecule has 0 saturated carbocycles. The maximum atomic E-state index is 11.9. The highest BCUT2D eigenvalue weighted by molar-refractivity contribution is 7.12. The molecule has 0 aliphatic heterocycles. The van der Waals surface area contributed by atoms with Gasteiger partial charge in [0.05, 0.1) is 18.5 Å². The molecule has 0 bridgehead atoms. The van der Waals surface area contributed by atoms with Gasteiger partial charge < -0.3 is 14.6 Å². The van der Waals surface area contributed by atoms with Crippen molar-refractivity contribution < 1.29 is 14.1 Å². The summed E-state index contributed by atoms with van der Waals surface area (Å²) >= 11 is 1.40. The molecule has 1 amide bonds. The van der Waals surface area contributed by atoms with Gasteiger partial charge in [-0.1, -0.05) is 23.4 Å². The number of carbonyl (C=O) groups is 1. The average molecular weight is 314 g/mol. The standard InChI is InChI=1S/C16H14N2O3S/c1-20-13-5-2-4-11(8-13)14-9-12(18-21-14)10-17-16(19)15-6-3-7-22-15/h2-9H,10H2,1H3,(H,17,19). The molecule has 1 aromatic carbocycles. The molecule has 3 rings (SSSR count). The molecule has 22 heavy (non-hydrogen) atoms. The molecule has 0 saturated heterocycles. The monoisotopic (exact) mass is 314 g/mol. The second-order valence-corrected chi connectivity index (χ2v) is 5.52. The number of ether oxygens (including phenoxy) is 1. The fourth-order valence-corrected chi connectivity index (χ4v) is 2.61. The van der Waals surface area contributed by atoms with Crippen molar-refractivity contribution in [1.29, 1.82) is 0 Å². The van der Waals surface area contributed by atoms with Gasteiger partial charge in [-0.05, 0) is 23.6 Å². The topological polar surface area (TPSA) is 64.4 Å². The van der Waals surface area contributed by atoms with Crippen molar-refractivity contribution in [1.82, 2.24) is 10.5 Å². The smallest absolute Gasteiger partial charge is 0.261 e. The first-order chi connectivity index (χ1) is 10.8. The number of hydrogen-bond acceptors (Lipinski definition) is 5. The Kier molecular flexibility index (Phi) is 4.20. The Balaban J connectivity index is 1.67. The zero-order chi connectivity index (χ0) is 15.4. The van der Waals surface area contributed by atoms with Crippen LogP contribution in [0.4, 0.5) is 0 Å². The van der Waals surface area contributed by atoms with E-state index in [2.05, 4.69) is 10.5 Å². The molecule has 0 fully saturated rings. The number of hydrogen-bond donors (Lipinski definition) is 1. The maximum absolute atomic E-state index is 11.9. The van der Waals surface area contributed by atoms with Crippen molar-refractivity contribution in [2.75, 3.05) is 7.11 Å². The van der Waals surface area contributed by atoms with Crippen LogP contribution in [-0.4, -0.2) is 18.2 Å². The fraction of sp³-hybridized carbons (Fsp3) is 0.125. The molecular weight excluding hydrogens is 300 g/mol. The average Bonchev–Trinajstić information content (AvgIpc) is 3.24. The summed E-state index contributed by atoms with van der Waals surface area (Å²) in [6.07, 6.45) is 0. The highest BCUT2D eigenvalue weighted by Gasteiger charge is 2.10. The summed E-state index contributed by atoms with van der Waals surface area (Å²) < 4.78 is 10.5. The van der Waals surface area contributed by atoms with E-state index in [4.69, 9.17) is 9.26 Å². The minimum absolute atomic E-state index is 0.110. The lowest BCUT2D eigenvalue weighted by Gasteiger charge is -2.00. The number of carbonyl (C=O) groups excluding carboxylic acids is 1. The van der Waals surface area contributed by atoms with E-state index < -0.39 is 0 Å². The van der Waals surface area contributed by atoms with Crippen LogP contribution in [-0.2, 0) is 6.54 Å². The lowest BCUT2D eigenvalue weighted by Crippen LogP contribution is -2.21. The lowest BCUT2D eigenvalue weighted by molar-refractivity contribution is 0.0954. The maximum Gasteiger partial charge on any atom is 0.261 e. The number of rotatable bonds is 5. The van der Waals surface area contributed by atoms with E-state index in [9.17, 15) is 4.79 Å². The molecule has 0 aliphatic rings. The molecule has 0 radical (unpaired) electrons. The number of amides is 1. The number of nitrogens with one attached hydrogen (secondary N) is 1. The molecule has 5 nitrogen and oxygen atoms in total. The Morgan fingerprint density at radius 3 is 3.00 bits per heavy atom. The van der Waals surface area contributed by atoms with Gasteiger partial charge >= 0.3 is 0 Å². The molecule has 0 aliphatic carbocycles. The highest BCUT2D eigenvalue weighted by Crippen LogP contribution is 2.24. The molecule has 112 valence electrons. The van der Waals surface area contributed by atoms with Gasteiger partial charge in [-0.2, -0.15) is 0 Å². The van der Waals surface area contributed by atoms with Crippen molar-refractivity contribution in [2.24, 2.45) is 0 Å². The molecule has 6 heteroatoms. The van der Waals surface area contributed by atoms with Gasteiger partial charge in [0.1, 0.15) is 11.4 Å². The van der Waals surface area contributed by atoms with Crippen LogP contribution in [0.15, 0.2) is 52.4 Å². The molecule has 3 aromatic rings. The van der Waals surface area contributed by atoms with Gasteiger partial charge in [0, 0.05) is 11.6 Å². The number of benzene rings is 1. The van der Waals surface area contributed by atoms with Gasteiger partial charge in [-0.25, -0.2) is 0 Å². The van der Waals surface area contributed by atoms with Crippen LogP contribution in [0, 0.1) is 0 Å². The lowest BCUT2D eigenvalue weighted by atomic mass is 10.1. The first kappa shape index (κ1) is 14.3. The van der Waals surface area contributed by atoms with Crippen LogP contribution in [0.1, 0.15) is 15.4 Å². The van der Waals surface area contributed by atoms with E-state index in [1.807, 2.05) is 41.8 Å². The number of aromatic nitrogens is 1. The second-order valence-electron chi connectivity index (χ2n) is 4.57. The fourth-order valence-electron chi connectivity index (χ4n) is 1.97. The Labute approximate surface area is 131 Å². The Morgan fingerprint density at radius 1 is 1.32 bits per heavy atom. The molecule has 1 N–H and O–H groups in total. The van der Waals surface area contributed by atoms with E-state index in [1.165, 1.54) is 11.3 Å². The summed E-state index contributed by atoms with van der Waals surface area (Å²) in [6.45, 7) is 0.324. The van der Waals surface area contributed by atoms with Crippen LogP contribution in [0.2, 0.25) is 0 Å². The van der Waals surface area contributed by atoms with Crippen LogP contribution < -0.4 is 10.1 Å². The van der Waals surface area contributed by atoms with Gasteiger partial charge in [-0.3, -0.25) is 4.79 Å². The zero-order valence-corrected chi connectivity index (χ0v) is 12.7. The summed E-state index contributed by atoms with van der Waals surface area (Å²) in [4.78, 5) is 12.5. The van der Waals surface area contributed by atoms with Crippen molar-refractivity contribution in [3.05, 3.63) is 58.4 Å². The highest BCUT2D eigenvalue weighted by atomic mass is 32.1. The van der Waals surface area contributed by atoms with E-state index in [-0.39, 0.29) is 5.91 Å². The minimum atomic E-state index is -0.110. The van der Waals surface area contributed by atoms with Crippen molar-refractivity contribution in [3.8, 4) is 17.1 Å².